The molecule has 1 amide bonds. The third-order valence-corrected chi connectivity index (χ3v) is 5.21. The number of rotatable bonds is 6. The van der Waals surface area contributed by atoms with Gasteiger partial charge in [-0.15, -0.1) is 11.8 Å². The molecule has 0 aliphatic rings. The van der Waals surface area contributed by atoms with Crippen molar-refractivity contribution in [1.82, 2.24) is 5.43 Å². The van der Waals surface area contributed by atoms with Gasteiger partial charge in [-0.1, -0.05) is 28.1 Å². The number of nitrogens with one attached hydrogen (secondary N) is 1. The molecule has 0 heterocycles. The van der Waals surface area contributed by atoms with Crippen molar-refractivity contribution in [2.75, 3.05) is 12.9 Å². The summed E-state index contributed by atoms with van der Waals surface area (Å²) < 4.78 is 7.90. The predicted molar refractivity (Wildman–Crippen MR) is 109 cm³/mol. The van der Waals surface area contributed by atoms with Crippen LogP contribution in [0.25, 0.3) is 0 Å². The SMILES string of the molecule is CSc1ccc(C=NNC(=O)COc2c(Br)cc(Br)cc2Br)cc1. The van der Waals surface area contributed by atoms with Crippen LogP contribution in [0.1, 0.15) is 5.56 Å². The number of thioether (sulfide) groups is 1. The van der Waals surface area contributed by atoms with Crippen molar-refractivity contribution in [1.29, 1.82) is 0 Å². The molecule has 2 rings (SSSR count). The molecule has 2 aromatic rings. The third kappa shape index (κ3) is 5.91. The van der Waals surface area contributed by atoms with Gasteiger partial charge < -0.3 is 4.74 Å². The number of hydrogen-bond donors (Lipinski definition) is 1. The van der Waals surface area contributed by atoms with E-state index in [-0.39, 0.29) is 12.5 Å². The maximum Gasteiger partial charge on any atom is 0.277 e. The van der Waals surface area contributed by atoms with Crippen molar-refractivity contribution in [2.24, 2.45) is 5.10 Å². The quantitative estimate of drug-likeness (QED) is 0.313. The number of hydrazone groups is 1. The van der Waals surface area contributed by atoms with Gasteiger partial charge in [-0.25, -0.2) is 5.43 Å². The van der Waals surface area contributed by atoms with Crippen molar-refractivity contribution in [3.05, 3.63) is 55.4 Å². The van der Waals surface area contributed by atoms with E-state index in [4.69, 9.17) is 4.74 Å². The first-order valence-corrected chi connectivity index (χ1v) is 10.3. The van der Waals surface area contributed by atoms with Gasteiger partial charge >= 0.3 is 0 Å². The minimum Gasteiger partial charge on any atom is -0.481 e. The molecule has 0 saturated heterocycles. The van der Waals surface area contributed by atoms with Crippen LogP contribution in [0.3, 0.4) is 0 Å². The molecule has 4 nitrogen and oxygen atoms in total. The molecule has 8 heteroatoms. The highest BCUT2D eigenvalue weighted by molar-refractivity contribution is 9.11. The lowest BCUT2D eigenvalue weighted by molar-refractivity contribution is -0.123. The average Bonchev–Trinajstić information content (AvgIpc) is 2.54. The lowest BCUT2D eigenvalue weighted by atomic mass is 10.2. The maximum atomic E-state index is 11.8. The maximum absolute atomic E-state index is 11.8. The van der Waals surface area contributed by atoms with E-state index in [1.165, 1.54) is 4.90 Å². The summed E-state index contributed by atoms with van der Waals surface area (Å²) in [6.45, 7) is -0.137. The van der Waals surface area contributed by atoms with Crippen LogP contribution in [-0.2, 0) is 4.79 Å². The minimum atomic E-state index is -0.339. The normalized spacial score (nSPS) is 10.8. The fourth-order valence-corrected chi connectivity index (χ4v) is 4.60. The summed E-state index contributed by atoms with van der Waals surface area (Å²) in [5.74, 6) is 0.221. The van der Waals surface area contributed by atoms with Gasteiger partial charge in [-0.05, 0) is 67.9 Å². The number of nitrogens with zero attached hydrogens (tertiary/aromatic N) is 1. The largest absolute Gasteiger partial charge is 0.481 e. The van der Waals surface area contributed by atoms with Gasteiger partial charge in [0.25, 0.3) is 5.91 Å². The van der Waals surface area contributed by atoms with Crippen LogP contribution in [0.5, 0.6) is 5.75 Å². The van der Waals surface area contributed by atoms with Crippen LogP contribution in [0, 0.1) is 0 Å². The number of benzene rings is 2. The van der Waals surface area contributed by atoms with E-state index >= 15 is 0 Å². The Morgan fingerprint density at radius 2 is 1.83 bits per heavy atom. The molecule has 0 unspecified atom stereocenters. The fraction of sp³-hybridized carbons (Fsp3) is 0.125. The van der Waals surface area contributed by atoms with Crippen LogP contribution < -0.4 is 10.2 Å². The average molecular weight is 537 g/mol. The molecule has 0 aliphatic carbocycles. The molecule has 0 aromatic heterocycles. The molecule has 0 radical (unpaired) electrons. The Labute approximate surface area is 169 Å². The molecule has 0 spiro atoms. The van der Waals surface area contributed by atoms with Crippen molar-refractivity contribution < 1.29 is 9.53 Å². The topological polar surface area (TPSA) is 50.7 Å². The Morgan fingerprint density at radius 3 is 2.42 bits per heavy atom. The van der Waals surface area contributed by atoms with E-state index in [1.807, 2.05) is 42.7 Å². The van der Waals surface area contributed by atoms with Crippen LogP contribution in [0.2, 0.25) is 0 Å². The van der Waals surface area contributed by atoms with Crippen LogP contribution in [-0.4, -0.2) is 25.0 Å². The van der Waals surface area contributed by atoms with E-state index < -0.39 is 0 Å². The molecular formula is C16H13Br3N2O2S. The molecule has 0 atom stereocenters. The number of carbonyl (C=O) groups excluding carboxylic acids is 1. The number of hydrogen-bond acceptors (Lipinski definition) is 4. The Bertz CT molecular complexity index is 728. The van der Waals surface area contributed by atoms with E-state index in [9.17, 15) is 4.79 Å². The van der Waals surface area contributed by atoms with Gasteiger partial charge in [0.1, 0.15) is 5.75 Å². The van der Waals surface area contributed by atoms with E-state index in [0.717, 1.165) is 19.0 Å². The van der Waals surface area contributed by atoms with Gasteiger partial charge in [0.15, 0.2) is 6.61 Å². The highest BCUT2D eigenvalue weighted by Gasteiger charge is 2.10. The van der Waals surface area contributed by atoms with Gasteiger partial charge in [0, 0.05) is 9.37 Å². The predicted octanol–water partition coefficient (Wildman–Crippen LogP) is 5.23. The summed E-state index contributed by atoms with van der Waals surface area (Å²) in [5.41, 5.74) is 3.35. The highest BCUT2D eigenvalue weighted by Crippen LogP contribution is 2.36. The Kier molecular flexibility index (Phi) is 7.80. The summed E-state index contributed by atoms with van der Waals surface area (Å²) in [7, 11) is 0. The smallest absolute Gasteiger partial charge is 0.277 e. The second-order valence-electron chi connectivity index (χ2n) is 4.55. The first kappa shape index (κ1) is 19.5. The second kappa shape index (κ2) is 9.60. The number of carbonyl (C=O) groups is 1. The zero-order valence-corrected chi connectivity index (χ0v) is 18.1. The molecule has 0 fully saturated rings. The van der Waals surface area contributed by atoms with Gasteiger partial charge in [0.05, 0.1) is 15.2 Å². The summed E-state index contributed by atoms with van der Waals surface area (Å²) in [6.07, 6.45) is 3.61. The molecule has 2 aromatic carbocycles. The van der Waals surface area contributed by atoms with Gasteiger partial charge in [0.2, 0.25) is 0 Å². The van der Waals surface area contributed by atoms with E-state index in [0.29, 0.717) is 5.75 Å². The van der Waals surface area contributed by atoms with Gasteiger partial charge in [-0.3, -0.25) is 4.79 Å². The first-order valence-electron chi connectivity index (χ1n) is 6.73. The molecule has 0 saturated carbocycles. The molecule has 1 N–H and O–H groups in total. The fourth-order valence-electron chi connectivity index (χ4n) is 1.71. The summed E-state index contributed by atoms with van der Waals surface area (Å²) in [4.78, 5) is 13.0. The van der Waals surface area contributed by atoms with Crippen LogP contribution in [0.15, 0.2) is 59.8 Å². The number of ether oxygens (including phenoxy) is 1. The molecular weight excluding hydrogens is 524 g/mol. The zero-order valence-electron chi connectivity index (χ0n) is 12.6. The zero-order chi connectivity index (χ0) is 17.5. The molecule has 0 bridgehead atoms. The number of amides is 1. The van der Waals surface area contributed by atoms with Crippen LogP contribution in [0.4, 0.5) is 0 Å². The Hall–Kier alpha value is -0.830. The van der Waals surface area contributed by atoms with Crippen LogP contribution >= 0.6 is 59.6 Å². The third-order valence-electron chi connectivity index (χ3n) is 2.83. The van der Waals surface area contributed by atoms with E-state index in [1.54, 1.807) is 18.0 Å². The molecule has 24 heavy (non-hydrogen) atoms. The lowest BCUT2D eigenvalue weighted by Crippen LogP contribution is -2.24. The second-order valence-corrected chi connectivity index (χ2v) is 8.06. The Morgan fingerprint density at radius 1 is 1.21 bits per heavy atom. The molecule has 126 valence electrons. The van der Waals surface area contributed by atoms with E-state index in [2.05, 4.69) is 58.3 Å². The van der Waals surface area contributed by atoms with Gasteiger partial charge in [-0.2, -0.15) is 5.10 Å². The lowest BCUT2D eigenvalue weighted by Gasteiger charge is -2.09. The summed E-state index contributed by atoms with van der Waals surface area (Å²) >= 11 is 11.8. The Balaban J connectivity index is 1.86. The van der Waals surface area contributed by atoms with Crippen molar-refractivity contribution in [2.45, 2.75) is 4.90 Å². The van der Waals surface area contributed by atoms with Crippen molar-refractivity contribution in [3.8, 4) is 5.75 Å². The standard InChI is InChI=1S/C16H13Br3N2O2S/c1-24-12-4-2-10(3-5-12)8-20-21-15(22)9-23-16-13(18)6-11(17)7-14(16)19/h2-8H,9H2,1H3,(H,21,22). The highest BCUT2D eigenvalue weighted by atomic mass is 79.9. The molecule has 0 aliphatic heterocycles. The number of halogens is 3. The first-order chi connectivity index (χ1) is 11.5. The van der Waals surface area contributed by atoms with Crippen molar-refractivity contribution >= 4 is 71.7 Å². The summed E-state index contributed by atoms with van der Waals surface area (Å²) in [6, 6.07) is 11.6. The van der Waals surface area contributed by atoms with Crippen molar-refractivity contribution in [3.63, 3.8) is 0 Å². The minimum absolute atomic E-state index is 0.137. The summed E-state index contributed by atoms with van der Waals surface area (Å²) in [5, 5.41) is 3.93. The monoisotopic (exact) mass is 534 g/mol.